The van der Waals surface area contributed by atoms with E-state index in [1.807, 2.05) is 12.3 Å². The predicted octanol–water partition coefficient (Wildman–Crippen LogP) is 1.93. The zero-order valence-electron chi connectivity index (χ0n) is 8.67. The van der Waals surface area contributed by atoms with Gasteiger partial charge in [0.2, 0.25) is 0 Å². The van der Waals surface area contributed by atoms with Crippen LogP contribution in [0.1, 0.15) is 25.1 Å². The second-order valence-electron chi connectivity index (χ2n) is 3.49. The molecule has 0 fully saturated rings. The van der Waals surface area contributed by atoms with Gasteiger partial charge in [-0.25, -0.2) is 0 Å². The van der Waals surface area contributed by atoms with Crippen molar-refractivity contribution in [2.45, 2.75) is 33.2 Å². The second-order valence-corrected chi connectivity index (χ2v) is 3.49. The molecule has 13 heavy (non-hydrogen) atoms. The maximum Gasteiger partial charge on any atom is 0.0421 e. The van der Waals surface area contributed by atoms with E-state index in [-0.39, 0.29) is 0 Å². The zero-order valence-corrected chi connectivity index (χ0v) is 8.67. The van der Waals surface area contributed by atoms with Gasteiger partial charge in [-0.2, -0.15) is 0 Å². The number of pyridine rings is 1. The van der Waals surface area contributed by atoms with Crippen LogP contribution in [0.2, 0.25) is 0 Å². The third-order valence-electron chi connectivity index (χ3n) is 2.04. The van der Waals surface area contributed by atoms with Crippen LogP contribution < -0.4 is 5.32 Å². The molecule has 1 aromatic rings. The van der Waals surface area contributed by atoms with Crippen LogP contribution in [0.5, 0.6) is 0 Å². The van der Waals surface area contributed by atoms with Crippen LogP contribution in [-0.4, -0.2) is 17.6 Å². The number of nitrogens with zero attached hydrogens (tertiary/aromatic N) is 1. The Morgan fingerprint density at radius 2 is 2.31 bits per heavy atom. The molecule has 1 unspecified atom stereocenters. The molecule has 72 valence electrons. The van der Waals surface area contributed by atoms with Crippen molar-refractivity contribution in [2.24, 2.45) is 0 Å². The fourth-order valence-electron chi connectivity index (χ4n) is 1.44. The van der Waals surface area contributed by atoms with Gasteiger partial charge < -0.3 is 5.32 Å². The molecule has 1 atom stereocenters. The van der Waals surface area contributed by atoms with Crippen LogP contribution in [0.15, 0.2) is 18.3 Å². The Morgan fingerprint density at radius 1 is 1.54 bits per heavy atom. The van der Waals surface area contributed by atoms with Gasteiger partial charge in [-0.05, 0) is 38.1 Å². The SMILES string of the molecule is CCNC(C)Cc1cc(C)ccn1. The molecule has 0 spiro atoms. The van der Waals surface area contributed by atoms with E-state index in [0.29, 0.717) is 6.04 Å². The molecule has 1 N–H and O–H groups in total. The van der Waals surface area contributed by atoms with Gasteiger partial charge in [0.05, 0.1) is 0 Å². The molecule has 1 rings (SSSR count). The molecular weight excluding hydrogens is 160 g/mol. The minimum atomic E-state index is 0.513. The first-order valence-corrected chi connectivity index (χ1v) is 4.87. The summed E-state index contributed by atoms with van der Waals surface area (Å²) in [5.74, 6) is 0. The molecule has 0 radical (unpaired) electrons. The highest BCUT2D eigenvalue weighted by Crippen LogP contribution is 2.02. The van der Waals surface area contributed by atoms with E-state index in [4.69, 9.17) is 0 Å². The highest BCUT2D eigenvalue weighted by Gasteiger charge is 2.02. The van der Waals surface area contributed by atoms with Crippen molar-refractivity contribution in [3.63, 3.8) is 0 Å². The Balaban J connectivity index is 2.53. The maximum atomic E-state index is 4.32. The third kappa shape index (κ3) is 3.55. The quantitative estimate of drug-likeness (QED) is 0.762. The number of nitrogens with one attached hydrogen (secondary N) is 1. The molecule has 0 saturated heterocycles. The molecule has 2 heteroatoms. The topological polar surface area (TPSA) is 24.9 Å². The van der Waals surface area contributed by atoms with Gasteiger partial charge in [-0.15, -0.1) is 0 Å². The lowest BCUT2D eigenvalue weighted by molar-refractivity contribution is 0.559. The molecule has 0 aliphatic heterocycles. The number of hydrogen-bond donors (Lipinski definition) is 1. The summed E-state index contributed by atoms with van der Waals surface area (Å²) in [5, 5.41) is 3.37. The Kier molecular flexibility index (Phi) is 3.90. The van der Waals surface area contributed by atoms with E-state index in [1.54, 1.807) is 0 Å². The largest absolute Gasteiger partial charge is 0.314 e. The van der Waals surface area contributed by atoms with Gasteiger partial charge in [0, 0.05) is 24.4 Å². The van der Waals surface area contributed by atoms with Crippen LogP contribution in [0.4, 0.5) is 0 Å². The Labute approximate surface area is 80.4 Å². The van der Waals surface area contributed by atoms with Crippen molar-refractivity contribution >= 4 is 0 Å². The number of hydrogen-bond acceptors (Lipinski definition) is 2. The van der Waals surface area contributed by atoms with E-state index in [2.05, 4.69) is 37.1 Å². The lowest BCUT2D eigenvalue weighted by atomic mass is 10.1. The molecule has 0 aliphatic rings. The lowest BCUT2D eigenvalue weighted by Crippen LogP contribution is -2.27. The highest BCUT2D eigenvalue weighted by atomic mass is 14.9. The van der Waals surface area contributed by atoms with Crippen LogP contribution >= 0.6 is 0 Å². The normalized spacial score (nSPS) is 12.8. The van der Waals surface area contributed by atoms with Crippen LogP contribution in [-0.2, 0) is 6.42 Å². The molecule has 0 saturated carbocycles. The minimum absolute atomic E-state index is 0.513. The number of aromatic nitrogens is 1. The first kappa shape index (κ1) is 10.2. The van der Waals surface area contributed by atoms with Gasteiger partial charge >= 0.3 is 0 Å². The predicted molar refractivity (Wildman–Crippen MR) is 55.8 cm³/mol. The molecule has 0 aromatic carbocycles. The standard InChI is InChI=1S/C11H18N2/c1-4-12-10(3)8-11-7-9(2)5-6-13-11/h5-7,10,12H,4,8H2,1-3H3. The summed E-state index contributed by atoms with van der Waals surface area (Å²) in [7, 11) is 0. The van der Waals surface area contributed by atoms with E-state index < -0.39 is 0 Å². The molecule has 1 aromatic heterocycles. The first-order chi connectivity index (χ1) is 6.22. The third-order valence-corrected chi connectivity index (χ3v) is 2.04. The van der Waals surface area contributed by atoms with Crippen molar-refractivity contribution in [1.29, 1.82) is 0 Å². The molecule has 1 heterocycles. The van der Waals surface area contributed by atoms with E-state index in [9.17, 15) is 0 Å². The minimum Gasteiger partial charge on any atom is -0.314 e. The van der Waals surface area contributed by atoms with Crippen molar-refractivity contribution in [3.05, 3.63) is 29.6 Å². The lowest BCUT2D eigenvalue weighted by Gasteiger charge is -2.11. The van der Waals surface area contributed by atoms with Crippen molar-refractivity contribution in [1.82, 2.24) is 10.3 Å². The zero-order chi connectivity index (χ0) is 9.68. The van der Waals surface area contributed by atoms with Crippen molar-refractivity contribution < 1.29 is 0 Å². The van der Waals surface area contributed by atoms with Crippen molar-refractivity contribution in [3.8, 4) is 0 Å². The number of likely N-dealkylation sites (N-methyl/N-ethyl adjacent to an activating group) is 1. The van der Waals surface area contributed by atoms with Gasteiger partial charge in [-0.3, -0.25) is 4.98 Å². The summed E-state index contributed by atoms with van der Waals surface area (Å²) in [6, 6.07) is 4.69. The summed E-state index contributed by atoms with van der Waals surface area (Å²) in [5.41, 5.74) is 2.46. The Hall–Kier alpha value is -0.890. The molecule has 2 nitrogen and oxygen atoms in total. The molecular formula is C11H18N2. The van der Waals surface area contributed by atoms with E-state index in [1.165, 1.54) is 11.3 Å². The van der Waals surface area contributed by atoms with Crippen molar-refractivity contribution in [2.75, 3.05) is 6.54 Å². The van der Waals surface area contributed by atoms with Gasteiger partial charge in [0.1, 0.15) is 0 Å². The summed E-state index contributed by atoms with van der Waals surface area (Å²) in [6.45, 7) is 7.43. The van der Waals surface area contributed by atoms with Crippen LogP contribution in [0.25, 0.3) is 0 Å². The Morgan fingerprint density at radius 3 is 2.92 bits per heavy atom. The van der Waals surface area contributed by atoms with Gasteiger partial charge in [0.15, 0.2) is 0 Å². The summed E-state index contributed by atoms with van der Waals surface area (Å²) in [6.07, 6.45) is 2.89. The smallest absolute Gasteiger partial charge is 0.0421 e. The van der Waals surface area contributed by atoms with Crippen LogP contribution in [0.3, 0.4) is 0 Å². The molecule has 0 bridgehead atoms. The first-order valence-electron chi connectivity index (χ1n) is 4.87. The molecule has 0 aliphatic carbocycles. The van der Waals surface area contributed by atoms with E-state index in [0.717, 1.165) is 13.0 Å². The number of aryl methyl sites for hydroxylation is 1. The summed E-state index contributed by atoms with van der Waals surface area (Å²) in [4.78, 5) is 4.32. The fraction of sp³-hybridized carbons (Fsp3) is 0.545. The Bertz CT molecular complexity index is 258. The number of rotatable bonds is 4. The van der Waals surface area contributed by atoms with E-state index >= 15 is 0 Å². The second kappa shape index (κ2) is 4.97. The average Bonchev–Trinajstić information content (AvgIpc) is 2.04. The highest BCUT2D eigenvalue weighted by molar-refractivity contribution is 5.15. The maximum absolute atomic E-state index is 4.32. The van der Waals surface area contributed by atoms with Gasteiger partial charge in [0.25, 0.3) is 0 Å². The molecule has 0 amide bonds. The summed E-state index contributed by atoms with van der Waals surface area (Å²) < 4.78 is 0. The fourth-order valence-corrected chi connectivity index (χ4v) is 1.44. The van der Waals surface area contributed by atoms with Crippen LogP contribution in [0, 0.1) is 6.92 Å². The summed E-state index contributed by atoms with van der Waals surface area (Å²) >= 11 is 0. The average molecular weight is 178 g/mol. The monoisotopic (exact) mass is 178 g/mol. The van der Waals surface area contributed by atoms with Gasteiger partial charge in [-0.1, -0.05) is 6.92 Å².